The van der Waals surface area contributed by atoms with Gasteiger partial charge in [0.2, 0.25) is 5.91 Å². The Kier molecular flexibility index (Phi) is 5.84. The monoisotopic (exact) mass is 400 g/mol. The predicted molar refractivity (Wildman–Crippen MR) is 95.5 cm³/mol. The van der Waals surface area contributed by atoms with Crippen molar-refractivity contribution in [1.29, 1.82) is 0 Å². The number of aliphatic imine (C=N–C) groups is 1. The molecule has 0 atom stereocenters. The average Bonchev–Trinajstić information content (AvgIpc) is 2.53. The number of hydrogen-bond donors (Lipinski definition) is 2. The number of rotatable bonds is 2. The SMILES string of the molecule is I.O=C(CNC1=NCCCN1)N1CCCc2ccccc21. The van der Waals surface area contributed by atoms with Gasteiger partial charge in [-0.3, -0.25) is 9.79 Å². The number of halogens is 1. The molecule has 2 aliphatic rings. The van der Waals surface area contributed by atoms with Crippen LogP contribution in [0.3, 0.4) is 0 Å². The highest BCUT2D eigenvalue weighted by Crippen LogP contribution is 2.26. The van der Waals surface area contributed by atoms with Gasteiger partial charge in [-0.05, 0) is 30.9 Å². The first-order valence-corrected chi connectivity index (χ1v) is 7.25. The van der Waals surface area contributed by atoms with Crippen molar-refractivity contribution < 1.29 is 4.79 Å². The van der Waals surface area contributed by atoms with Crippen molar-refractivity contribution >= 4 is 41.5 Å². The van der Waals surface area contributed by atoms with E-state index >= 15 is 0 Å². The zero-order valence-electron chi connectivity index (χ0n) is 12.0. The number of nitrogens with one attached hydrogen (secondary N) is 2. The van der Waals surface area contributed by atoms with Crippen LogP contribution in [0.1, 0.15) is 18.4 Å². The summed E-state index contributed by atoms with van der Waals surface area (Å²) in [5.41, 5.74) is 2.32. The summed E-state index contributed by atoms with van der Waals surface area (Å²) in [6.07, 6.45) is 3.14. The Balaban J connectivity index is 0.00000161. The summed E-state index contributed by atoms with van der Waals surface area (Å²) in [5, 5.41) is 6.26. The number of para-hydroxylation sites is 1. The Morgan fingerprint density at radius 1 is 1.33 bits per heavy atom. The molecule has 0 saturated heterocycles. The van der Waals surface area contributed by atoms with Gasteiger partial charge in [-0.15, -0.1) is 24.0 Å². The normalized spacial score (nSPS) is 17.0. The number of benzene rings is 1. The second-order valence-corrected chi connectivity index (χ2v) is 5.14. The van der Waals surface area contributed by atoms with Gasteiger partial charge in [-0.25, -0.2) is 0 Å². The minimum Gasteiger partial charge on any atom is -0.356 e. The lowest BCUT2D eigenvalue weighted by Crippen LogP contribution is -2.47. The van der Waals surface area contributed by atoms with E-state index in [1.54, 1.807) is 0 Å². The third-order valence-corrected chi connectivity index (χ3v) is 3.72. The van der Waals surface area contributed by atoms with Gasteiger partial charge in [0.15, 0.2) is 5.96 Å². The molecule has 3 rings (SSSR count). The van der Waals surface area contributed by atoms with Crippen molar-refractivity contribution in [2.24, 2.45) is 4.99 Å². The zero-order valence-corrected chi connectivity index (χ0v) is 14.3. The minimum atomic E-state index is 0. The van der Waals surface area contributed by atoms with Crippen LogP contribution >= 0.6 is 24.0 Å². The molecule has 5 nitrogen and oxygen atoms in total. The second kappa shape index (κ2) is 7.63. The number of hydrogen-bond acceptors (Lipinski definition) is 4. The number of guanidine groups is 1. The first kappa shape index (κ1) is 16.1. The number of anilines is 1. The number of amides is 1. The van der Waals surface area contributed by atoms with Crippen LogP contribution in [0.2, 0.25) is 0 Å². The third-order valence-electron chi connectivity index (χ3n) is 3.72. The molecule has 0 aliphatic carbocycles. The highest BCUT2D eigenvalue weighted by atomic mass is 127. The van der Waals surface area contributed by atoms with Crippen molar-refractivity contribution in [3.05, 3.63) is 29.8 Å². The molecule has 2 heterocycles. The topological polar surface area (TPSA) is 56.7 Å². The summed E-state index contributed by atoms with van der Waals surface area (Å²) in [5.74, 6) is 0.849. The van der Waals surface area contributed by atoms with E-state index in [2.05, 4.69) is 21.7 Å². The summed E-state index contributed by atoms with van der Waals surface area (Å²) in [4.78, 5) is 18.6. The molecule has 0 radical (unpaired) electrons. The molecule has 114 valence electrons. The van der Waals surface area contributed by atoms with Crippen LogP contribution in [-0.2, 0) is 11.2 Å². The number of nitrogens with zero attached hydrogens (tertiary/aromatic N) is 2. The first-order chi connectivity index (χ1) is 9.84. The van der Waals surface area contributed by atoms with E-state index < -0.39 is 0 Å². The lowest BCUT2D eigenvalue weighted by molar-refractivity contribution is -0.117. The molecule has 0 bridgehead atoms. The number of aryl methyl sites for hydroxylation is 1. The molecule has 0 unspecified atom stereocenters. The maximum Gasteiger partial charge on any atom is 0.246 e. The number of carbonyl (C=O) groups is 1. The van der Waals surface area contributed by atoms with Gasteiger partial charge < -0.3 is 15.5 Å². The van der Waals surface area contributed by atoms with Gasteiger partial charge >= 0.3 is 0 Å². The summed E-state index contributed by atoms with van der Waals surface area (Å²) in [7, 11) is 0. The minimum absolute atomic E-state index is 0. The van der Waals surface area contributed by atoms with Crippen molar-refractivity contribution in [3.63, 3.8) is 0 Å². The Morgan fingerprint density at radius 2 is 2.19 bits per heavy atom. The molecular formula is C15H21IN4O. The van der Waals surface area contributed by atoms with Crippen LogP contribution in [0.15, 0.2) is 29.3 Å². The van der Waals surface area contributed by atoms with E-state index in [0.717, 1.165) is 50.5 Å². The smallest absolute Gasteiger partial charge is 0.246 e. The Morgan fingerprint density at radius 3 is 3.00 bits per heavy atom. The molecule has 6 heteroatoms. The van der Waals surface area contributed by atoms with Gasteiger partial charge in [0.25, 0.3) is 0 Å². The molecule has 1 aromatic rings. The molecule has 1 amide bonds. The van der Waals surface area contributed by atoms with E-state index in [0.29, 0.717) is 6.54 Å². The van der Waals surface area contributed by atoms with Crippen LogP contribution < -0.4 is 15.5 Å². The number of carbonyl (C=O) groups excluding carboxylic acids is 1. The second-order valence-electron chi connectivity index (χ2n) is 5.14. The molecule has 0 fully saturated rings. The Bertz CT molecular complexity index is 532. The van der Waals surface area contributed by atoms with Gasteiger partial charge in [0, 0.05) is 25.3 Å². The van der Waals surface area contributed by atoms with E-state index in [9.17, 15) is 4.79 Å². The maximum atomic E-state index is 12.4. The van der Waals surface area contributed by atoms with Crippen LogP contribution in [-0.4, -0.2) is 38.0 Å². The third kappa shape index (κ3) is 3.87. The van der Waals surface area contributed by atoms with Crippen LogP contribution in [0.5, 0.6) is 0 Å². The van der Waals surface area contributed by atoms with Crippen LogP contribution in [0.4, 0.5) is 5.69 Å². The molecule has 2 N–H and O–H groups in total. The Hall–Kier alpha value is -1.31. The fourth-order valence-corrected chi connectivity index (χ4v) is 2.70. The van der Waals surface area contributed by atoms with Crippen LogP contribution in [0, 0.1) is 0 Å². The highest BCUT2D eigenvalue weighted by Gasteiger charge is 2.22. The molecule has 1 aromatic carbocycles. The van der Waals surface area contributed by atoms with Crippen molar-refractivity contribution in [1.82, 2.24) is 10.6 Å². The highest BCUT2D eigenvalue weighted by molar-refractivity contribution is 14.0. The average molecular weight is 400 g/mol. The molecule has 2 aliphatic heterocycles. The summed E-state index contributed by atoms with van der Waals surface area (Å²) >= 11 is 0. The van der Waals surface area contributed by atoms with Crippen LogP contribution in [0.25, 0.3) is 0 Å². The summed E-state index contributed by atoms with van der Waals surface area (Å²) < 4.78 is 0. The van der Waals surface area contributed by atoms with Crippen molar-refractivity contribution in [3.8, 4) is 0 Å². The van der Waals surface area contributed by atoms with E-state index in [1.807, 2.05) is 23.1 Å². The van der Waals surface area contributed by atoms with E-state index in [-0.39, 0.29) is 29.9 Å². The molecular weight excluding hydrogens is 379 g/mol. The summed E-state index contributed by atoms with van der Waals surface area (Å²) in [6.45, 7) is 2.85. The van der Waals surface area contributed by atoms with Gasteiger partial charge in [-0.2, -0.15) is 0 Å². The maximum absolute atomic E-state index is 12.4. The van der Waals surface area contributed by atoms with Crippen molar-refractivity contribution in [2.45, 2.75) is 19.3 Å². The fraction of sp³-hybridized carbons (Fsp3) is 0.467. The molecule has 0 aromatic heterocycles. The Labute approximate surface area is 142 Å². The lowest BCUT2D eigenvalue weighted by atomic mass is 10.0. The summed E-state index contributed by atoms with van der Waals surface area (Å²) in [6, 6.07) is 8.16. The largest absolute Gasteiger partial charge is 0.356 e. The predicted octanol–water partition coefficient (Wildman–Crippen LogP) is 1.52. The quantitative estimate of drug-likeness (QED) is 0.741. The van der Waals surface area contributed by atoms with Crippen molar-refractivity contribution in [2.75, 3.05) is 31.1 Å². The molecule has 0 spiro atoms. The van der Waals surface area contributed by atoms with Gasteiger partial charge in [-0.1, -0.05) is 18.2 Å². The molecule has 21 heavy (non-hydrogen) atoms. The zero-order chi connectivity index (χ0) is 13.8. The lowest BCUT2D eigenvalue weighted by Gasteiger charge is -2.29. The van der Waals surface area contributed by atoms with E-state index in [4.69, 9.17) is 0 Å². The standard InChI is InChI=1S/C15H20N4O.HI/c20-14(11-18-15-16-8-4-9-17-15)19-10-3-6-12-5-1-2-7-13(12)19;/h1-2,5,7H,3-4,6,8-11H2,(H2,16,17,18);1H. The molecule has 0 saturated carbocycles. The fourth-order valence-electron chi connectivity index (χ4n) is 2.70. The van der Waals surface area contributed by atoms with Gasteiger partial charge in [0.1, 0.15) is 0 Å². The number of fused-ring (bicyclic) bond motifs is 1. The first-order valence-electron chi connectivity index (χ1n) is 7.25. The van der Waals surface area contributed by atoms with E-state index in [1.165, 1.54) is 5.56 Å². The van der Waals surface area contributed by atoms with Gasteiger partial charge in [0.05, 0.1) is 6.54 Å².